The van der Waals surface area contributed by atoms with E-state index in [1.165, 1.54) is 0 Å². The Morgan fingerprint density at radius 2 is 2.09 bits per heavy atom. The van der Waals surface area contributed by atoms with Crippen LogP contribution in [-0.4, -0.2) is 36.5 Å². The van der Waals surface area contributed by atoms with E-state index in [2.05, 4.69) is 46.8 Å². The third-order valence-corrected chi connectivity index (χ3v) is 4.53. The molecule has 23 heavy (non-hydrogen) atoms. The van der Waals surface area contributed by atoms with Crippen molar-refractivity contribution in [3.05, 3.63) is 28.4 Å². The first-order chi connectivity index (χ1) is 11.0. The summed E-state index contributed by atoms with van der Waals surface area (Å²) in [6.07, 6.45) is 4.40. The average Bonchev–Trinajstić information content (AvgIpc) is 2.82. The summed E-state index contributed by atoms with van der Waals surface area (Å²) in [4.78, 5) is 17.5. The maximum absolute atomic E-state index is 12.1. The summed E-state index contributed by atoms with van der Waals surface area (Å²) >= 11 is 3.60. The largest absolute Gasteiger partial charge is 0.426 e. The molecule has 1 aromatic carbocycles. The Hall–Kier alpha value is -1.33. The van der Waals surface area contributed by atoms with Crippen LogP contribution in [0.3, 0.4) is 0 Å². The van der Waals surface area contributed by atoms with E-state index < -0.39 is 0 Å². The van der Waals surface area contributed by atoms with Gasteiger partial charge in [0.2, 0.25) is 0 Å². The van der Waals surface area contributed by atoms with Crippen LogP contribution in [0.25, 0.3) is 10.9 Å². The number of benzene rings is 1. The number of esters is 1. The molecule has 0 saturated carbocycles. The first kappa shape index (κ1) is 18.0. The van der Waals surface area contributed by atoms with Crippen molar-refractivity contribution >= 4 is 32.8 Å². The van der Waals surface area contributed by atoms with Crippen LogP contribution in [0.4, 0.5) is 0 Å². The Balaban J connectivity index is 2.23. The summed E-state index contributed by atoms with van der Waals surface area (Å²) in [5, 5.41) is 1.00. The van der Waals surface area contributed by atoms with Gasteiger partial charge in [-0.25, -0.2) is 0 Å². The van der Waals surface area contributed by atoms with Gasteiger partial charge in [-0.05, 0) is 60.6 Å². The normalized spacial score (nSPS) is 11.3. The summed E-state index contributed by atoms with van der Waals surface area (Å²) in [5.41, 5.74) is 2.15. The van der Waals surface area contributed by atoms with Crippen molar-refractivity contribution in [3.63, 3.8) is 0 Å². The molecular formula is C18H25BrN2O2. The number of hydrogen-bond acceptors (Lipinski definition) is 3. The molecule has 0 aliphatic carbocycles. The molecule has 1 heterocycles. The van der Waals surface area contributed by atoms with Crippen LogP contribution in [0, 0.1) is 0 Å². The highest BCUT2D eigenvalue weighted by atomic mass is 79.9. The van der Waals surface area contributed by atoms with E-state index in [1.807, 2.05) is 18.2 Å². The molecular weight excluding hydrogens is 356 g/mol. The van der Waals surface area contributed by atoms with Gasteiger partial charge in [-0.3, -0.25) is 4.79 Å². The molecule has 0 aliphatic heterocycles. The van der Waals surface area contributed by atoms with Crippen LogP contribution >= 0.6 is 15.9 Å². The smallest absolute Gasteiger partial charge is 0.311 e. The maximum Gasteiger partial charge on any atom is 0.311 e. The number of hydrogen-bond donors (Lipinski definition) is 1. The molecule has 126 valence electrons. The van der Waals surface area contributed by atoms with E-state index >= 15 is 0 Å². The number of nitrogens with one attached hydrogen (secondary N) is 1. The number of carbonyl (C=O) groups is 1. The number of ether oxygens (including phenoxy) is 1. The number of carbonyl (C=O) groups excluding carboxylic acids is 1. The molecule has 0 fully saturated rings. The zero-order chi connectivity index (χ0) is 16.8. The molecule has 0 amide bonds. The van der Waals surface area contributed by atoms with Gasteiger partial charge in [0.15, 0.2) is 0 Å². The average molecular weight is 381 g/mol. The fraction of sp³-hybridized carbons (Fsp3) is 0.500. The number of rotatable bonds is 8. The quantitative estimate of drug-likeness (QED) is 0.415. The first-order valence-corrected chi connectivity index (χ1v) is 8.96. The Labute approximate surface area is 146 Å². The van der Waals surface area contributed by atoms with Gasteiger partial charge in [0.1, 0.15) is 5.75 Å². The Bertz CT molecular complexity index is 664. The Kier molecular flexibility index (Phi) is 6.66. The highest BCUT2D eigenvalue weighted by Gasteiger charge is 2.16. The number of nitrogens with zero attached hydrogens (tertiary/aromatic N) is 1. The Morgan fingerprint density at radius 1 is 1.30 bits per heavy atom. The highest BCUT2D eigenvalue weighted by Crippen LogP contribution is 2.34. The molecule has 0 saturated heterocycles. The fourth-order valence-electron chi connectivity index (χ4n) is 2.60. The lowest BCUT2D eigenvalue weighted by Gasteiger charge is -2.11. The zero-order valence-corrected chi connectivity index (χ0v) is 15.7. The van der Waals surface area contributed by atoms with Gasteiger partial charge < -0.3 is 14.6 Å². The molecule has 4 nitrogen and oxygen atoms in total. The van der Waals surface area contributed by atoms with Gasteiger partial charge in [-0.1, -0.05) is 25.8 Å². The van der Waals surface area contributed by atoms with Gasteiger partial charge in [0, 0.05) is 18.4 Å². The monoisotopic (exact) mass is 380 g/mol. The van der Waals surface area contributed by atoms with Crippen molar-refractivity contribution in [1.29, 1.82) is 0 Å². The third-order valence-electron chi connectivity index (χ3n) is 3.85. The van der Waals surface area contributed by atoms with E-state index in [0.29, 0.717) is 12.2 Å². The molecule has 0 atom stereocenters. The fourth-order valence-corrected chi connectivity index (χ4v) is 3.21. The SMILES string of the molecule is CCCCCC(=O)Oc1cccc2[nH]c(Br)c(CCN(C)C)c12. The number of H-pyrrole nitrogens is 1. The number of aromatic nitrogens is 1. The van der Waals surface area contributed by atoms with Crippen LogP contribution in [0.15, 0.2) is 22.8 Å². The number of aromatic amines is 1. The summed E-state index contributed by atoms with van der Waals surface area (Å²) in [7, 11) is 4.11. The van der Waals surface area contributed by atoms with Crippen molar-refractivity contribution in [3.8, 4) is 5.75 Å². The Morgan fingerprint density at radius 3 is 2.78 bits per heavy atom. The van der Waals surface area contributed by atoms with Crippen molar-refractivity contribution in [2.75, 3.05) is 20.6 Å². The maximum atomic E-state index is 12.1. The van der Waals surface area contributed by atoms with Crippen LogP contribution in [-0.2, 0) is 11.2 Å². The molecule has 0 radical (unpaired) electrons. The minimum Gasteiger partial charge on any atom is -0.426 e. The second-order valence-electron chi connectivity index (χ2n) is 6.08. The van der Waals surface area contributed by atoms with Crippen LogP contribution in [0.2, 0.25) is 0 Å². The summed E-state index contributed by atoms with van der Waals surface area (Å²) < 4.78 is 6.60. The number of fused-ring (bicyclic) bond motifs is 1. The van der Waals surface area contributed by atoms with E-state index in [0.717, 1.165) is 53.3 Å². The van der Waals surface area contributed by atoms with Crippen molar-refractivity contribution in [1.82, 2.24) is 9.88 Å². The summed E-state index contributed by atoms with van der Waals surface area (Å²) in [6.45, 7) is 3.06. The predicted molar refractivity (Wildman–Crippen MR) is 98.0 cm³/mol. The molecule has 0 bridgehead atoms. The molecule has 5 heteroatoms. The molecule has 0 unspecified atom stereocenters. The second kappa shape index (κ2) is 8.50. The topological polar surface area (TPSA) is 45.3 Å². The second-order valence-corrected chi connectivity index (χ2v) is 6.87. The van der Waals surface area contributed by atoms with Gasteiger partial charge in [0.25, 0.3) is 0 Å². The zero-order valence-electron chi connectivity index (χ0n) is 14.1. The van der Waals surface area contributed by atoms with Gasteiger partial charge >= 0.3 is 5.97 Å². The van der Waals surface area contributed by atoms with Crippen molar-refractivity contribution < 1.29 is 9.53 Å². The van der Waals surface area contributed by atoms with Crippen LogP contribution in [0.1, 0.15) is 38.2 Å². The molecule has 0 spiro atoms. The van der Waals surface area contributed by atoms with Crippen LogP contribution in [0.5, 0.6) is 5.75 Å². The van der Waals surface area contributed by atoms with Gasteiger partial charge in [0.05, 0.1) is 10.1 Å². The van der Waals surface area contributed by atoms with Crippen molar-refractivity contribution in [2.24, 2.45) is 0 Å². The third kappa shape index (κ3) is 4.82. The van der Waals surface area contributed by atoms with Gasteiger partial charge in [-0.15, -0.1) is 0 Å². The lowest BCUT2D eigenvalue weighted by Crippen LogP contribution is -2.15. The number of halogens is 1. The standard InChI is InChI=1S/C18H25BrN2O2/c1-4-5-6-10-16(22)23-15-9-7-8-14-17(15)13(18(19)20-14)11-12-21(2)3/h7-9,20H,4-6,10-12H2,1-3H3. The number of unbranched alkanes of at least 4 members (excludes halogenated alkanes) is 2. The van der Waals surface area contributed by atoms with Crippen LogP contribution < -0.4 is 4.74 Å². The molecule has 1 N–H and O–H groups in total. The van der Waals surface area contributed by atoms with Crippen molar-refractivity contribution in [2.45, 2.75) is 39.0 Å². The van der Waals surface area contributed by atoms with E-state index in [9.17, 15) is 4.79 Å². The number of likely N-dealkylation sites (N-methyl/N-ethyl adjacent to an activating group) is 1. The highest BCUT2D eigenvalue weighted by molar-refractivity contribution is 9.10. The molecule has 1 aromatic heterocycles. The molecule has 0 aliphatic rings. The lowest BCUT2D eigenvalue weighted by atomic mass is 10.1. The van der Waals surface area contributed by atoms with E-state index in [4.69, 9.17) is 4.74 Å². The van der Waals surface area contributed by atoms with E-state index in [-0.39, 0.29) is 5.97 Å². The predicted octanol–water partition coefficient (Wildman–Crippen LogP) is 4.52. The minimum absolute atomic E-state index is 0.151. The molecule has 2 rings (SSSR count). The van der Waals surface area contributed by atoms with Gasteiger partial charge in [-0.2, -0.15) is 0 Å². The van der Waals surface area contributed by atoms with E-state index in [1.54, 1.807) is 0 Å². The summed E-state index contributed by atoms with van der Waals surface area (Å²) in [6, 6.07) is 5.79. The lowest BCUT2D eigenvalue weighted by molar-refractivity contribution is -0.134. The summed E-state index contributed by atoms with van der Waals surface area (Å²) in [5.74, 6) is 0.501. The minimum atomic E-state index is -0.151. The molecule has 2 aromatic rings. The first-order valence-electron chi connectivity index (χ1n) is 8.17.